The normalized spacial score (nSPS) is 11.0. The Kier molecular flexibility index (Phi) is 5.38. The van der Waals surface area contributed by atoms with Gasteiger partial charge in [0.2, 0.25) is 5.91 Å². The highest BCUT2D eigenvalue weighted by atomic mass is 19.1. The van der Waals surface area contributed by atoms with Gasteiger partial charge >= 0.3 is 0 Å². The highest BCUT2D eigenvalue weighted by Crippen LogP contribution is 2.18. The van der Waals surface area contributed by atoms with Crippen molar-refractivity contribution < 1.29 is 9.18 Å². The van der Waals surface area contributed by atoms with Crippen LogP contribution in [0, 0.1) is 12.7 Å². The molecule has 1 heterocycles. The highest BCUT2D eigenvalue weighted by molar-refractivity contribution is 5.79. The lowest BCUT2D eigenvalue weighted by Gasteiger charge is -2.11. The first-order valence-electron chi connectivity index (χ1n) is 9.59. The quantitative estimate of drug-likeness (QED) is 0.533. The summed E-state index contributed by atoms with van der Waals surface area (Å²) >= 11 is 0. The molecule has 0 aliphatic carbocycles. The number of aryl methyl sites for hydroxylation is 1. The number of rotatable bonds is 6. The number of para-hydroxylation sites is 2. The topological polar surface area (TPSA) is 46.9 Å². The third kappa shape index (κ3) is 4.51. The smallest absolute Gasteiger partial charge is 0.224 e. The van der Waals surface area contributed by atoms with Crippen molar-refractivity contribution in [1.29, 1.82) is 0 Å². The fourth-order valence-electron chi connectivity index (χ4n) is 3.34. The number of halogens is 1. The molecule has 0 saturated heterocycles. The minimum Gasteiger partial charge on any atom is -0.349 e. The zero-order valence-electron chi connectivity index (χ0n) is 16.2. The molecule has 4 rings (SSSR count). The second kappa shape index (κ2) is 8.27. The zero-order chi connectivity index (χ0) is 20.2. The van der Waals surface area contributed by atoms with Gasteiger partial charge in [0.25, 0.3) is 0 Å². The Hall–Kier alpha value is -3.47. The van der Waals surface area contributed by atoms with Gasteiger partial charge in [-0.3, -0.25) is 4.79 Å². The Labute approximate surface area is 169 Å². The van der Waals surface area contributed by atoms with Crippen molar-refractivity contribution >= 4 is 16.9 Å². The Morgan fingerprint density at radius 2 is 1.66 bits per heavy atom. The molecule has 0 spiro atoms. The van der Waals surface area contributed by atoms with Crippen LogP contribution in [0.4, 0.5) is 4.39 Å². The van der Waals surface area contributed by atoms with Crippen molar-refractivity contribution in [3.63, 3.8) is 0 Å². The van der Waals surface area contributed by atoms with E-state index in [-0.39, 0.29) is 18.1 Å². The second-order valence-electron chi connectivity index (χ2n) is 7.17. The molecule has 4 aromatic rings. The summed E-state index contributed by atoms with van der Waals surface area (Å²) in [6.45, 7) is 3.09. The van der Waals surface area contributed by atoms with E-state index in [0.29, 0.717) is 13.1 Å². The molecule has 0 radical (unpaired) electrons. The van der Waals surface area contributed by atoms with Gasteiger partial charge in [0, 0.05) is 6.54 Å². The maximum Gasteiger partial charge on any atom is 0.224 e. The molecule has 4 nitrogen and oxygen atoms in total. The SMILES string of the molecule is Cc1ccc(Cn2c(CNC(=O)Cc3ccc(F)cc3)nc3ccccc32)cc1. The van der Waals surface area contributed by atoms with Gasteiger partial charge in [-0.05, 0) is 42.3 Å². The number of nitrogens with one attached hydrogen (secondary N) is 1. The summed E-state index contributed by atoms with van der Waals surface area (Å²) in [5.74, 6) is 0.378. The number of imidazole rings is 1. The summed E-state index contributed by atoms with van der Waals surface area (Å²) in [4.78, 5) is 17.1. The lowest BCUT2D eigenvalue weighted by Crippen LogP contribution is -2.26. The molecule has 1 N–H and O–H groups in total. The maximum atomic E-state index is 13.0. The molecule has 0 aliphatic heterocycles. The van der Waals surface area contributed by atoms with E-state index in [0.717, 1.165) is 22.4 Å². The van der Waals surface area contributed by atoms with Crippen molar-refractivity contribution in [3.05, 3.63) is 101 Å². The maximum absolute atomic E-state index is 13.0. The second-order valence-corrected chi connectivity index (χ2v) is 7.17. The van der Waals surface area contributed by atoms with Gasteiger partial charge in [-0.25, -0.2) is 9.37 Å². The van der Waals surface area contributed by atoms with Gasteiger partial charge in [0.1, 0.15) is 11.6 Å². The van der Waals surface area contributed by atoms with Crippen LogP contribution in [0.25, 0.3) is 11.0 Å². The van der Waals surface area contributed by atoms with E-state index in [1.54, 1.807) is 12.1 Å². The molecule has 3 aromatic carbocycles. The third-order valence-corrected chi connectivity index (χ3v) is 4.92. The molecule has 1 amide bonds. The fourth-order valence-corrected chi connectivity index (χ4v) is 3.34. The summed E-state index contributed by atoms with van der Waals surface area (Å²) in [5, 5.41) is 2.94. The molecule has 0 saturated carbocycles. The lowest BCUT2D eigenvalue weighted by atomic mass is 10.1. The predicted molar refractivity (Wildman–Crippen MR) is 112 cm³/mol. The predicted octanol–water partition coefficient (Wildman–Crippen LogP) is 4.39. The Balaban J connectivity index is 1.52. The van der Waals surface area contributed by atoms with Crippen LogP contribution in [0.5, 0.6) is 0 Å². The molecule has 0 unspecified atom stereocenters. The van der Waals surface area contributed by atoms with Gasteiger partial charge in [0.15, 0.2) is 0 Å². The Morgan fingerprint density at radius 1 is 0.966 bits per heavy atom. The number of hydrogen-bond acceptors (Lipinski definition) is 2. The van der Waals surface area contributed by atoms with Gasteiger partial charge in [-0.1, -0.05) is 54.1 Å². The number of fused-ring (bicyclic) bond motifs is 1. The van der Waals surface area contributed by atoms with Crippen LogP contribution < -0.4 is 5.32 Å². The molecule has 5 heteroatoms. The summed E-state index contributed by atoms with van der Waals surface area (Å²) in [7, 11) is 0. The number of amides is 1. The van der Waals surface area contributed by atoms with E-state index >= 15 is 0 Å². The van der Waals surface area contributed by atoms with Gasteiger partial charge in [0.05, 0.1) is 24.0 Å². The lowest BCUT2D eigenvalue weighted by molar-refractivity contribution is -0.120. The van der Waals surface area contributed by atoms with Crippen molar-refractivity contribution in [2.24, 2.45) is 0 Å². The number of hydrogen-bond donors (Lipinski definition) is 1. The Morgan fingerprint density at radius 3 is 2.41 bits per heavy atom. The molecule has 1 aromatic heterocycles. The molecule has 29 heavy (non-hydrogen) atoms. The van der Waals surface area contributed by atoms with E-state index in [4.69, 9.17) is 4.98 Å². The number of aromatic nitrogens is 2. The van der Waals surface area contributed by atoms with E-state index in [1.807, 2.05) is 24.3 Å². The van der Waals surface area contributed by atoms with Crippen LogP contribution in [0.1, 0.15) is 22.5 Å². The average Bonchev–Trinajstić information content (AvgIpc) is 3.07. The minimum absolute atomic E-state index is 0.120. The van der Waals surface area contributed by atoms with Gasteiger partial charge < -0.3 is 9.88 Å². The molecule has 0 aliphatic rings. The number of benzene rings is 3. The van der Waals surface area contributed by atoms with Crippen LogP contribution in [-0.4, -0.2) is 15.5 Å². The van der Waals surface area contributed by atoms with E-state index in [2.05, 4.69) is 41.1 Å². The first-order chi connectivity index (χ1) is 14.1. The standard InChI is InChI=1S/C24H22FN3O/c1-17-6-8-19(9-7-17)16-28-22-5-3-2-4-21(22)27-23(28)15-26-24(29)14-18-10-12-20(25)13-11-18/h2-13H,14-16H2,1H3,(H,26,29). The molecule has 146 valence electrons. The van der Waals surface area contributed by atoms with Gasteiger partial charge in [-0.15, -0.1) is 0 Å². The van der Waals surface area contributed by atoms with Gasteiger partial charge in [-0.2, -0.15) is 0 Å². The summed E-state index contributed by atoms with van der Waals surface area (Å²) in [5.41, 5.74) is 5.12. The molecule has 0 fully saturated rings. The van der Waals surface area contributed by atoms with Crippen molar-refractivity contribution in [3.8, 4) is 0 Å². The first kappa shape index (κ1) is 18.9. The van der Waals surface area contributed by atoms with E-state index in [1.165, 1.54) is 23.3 Å². The summed E-state index contributed by atoms with van der Waals surface area (Å²) < 4.78 is 15.2. The van der Waals surface area contributed by atoms with Crippen LogP contribution in [0.15, 0.2) is 72.8 Å². The van der Waals surface area contributed by atoms with Crippen LogP contribution in [0.2, 0.25) is 0 Å². The zero-order valence-corrected chi connectivity index (χ0v) is 16.2. The summed E-state index contributed by atoms with van der Waals surface area (Å²) in [6, 6.07) is 22.4. The van der Waals surface area contributed by atoms with Crippen LogP contribution in [-0.2, 0) is 24.3 Å². The molecule has 0 bridgehead atoms. The third-order valence-electron chi connectivity index (χ3n) is 4.92. The first-order valence-corrected chi connectivity index (χ1v) is 9.59. The number of carbonyl (C=O) groups excluding carboxylic acids is 1. The molecular weight excluding hydrogens is 365 g/mol. The monoisotopic (exact) mass is 387 g/mol. The van der Waals surface area contributed by atoms with Crippen LogP contribution in [0.3, 0.4) is 0 Å². The fraction of sp³-hybridized carbons (Fsp3) is 0.167. The molecular formula is C24H22FN3O. The average molecular weight is 387 g/mol. The van der Waals surface area contributed by atoms with Crippen LogP contribution >= 0.6 is 0 Å². The van der Waals surface area contributed by atoms with Crippen molar-refractivity contribution in [2.45, 2.75) is 26.4 Å². The number of nitrogens with zero attached hydrogens (tertiary/aromatic N) is 2. The Bertz CT molecular complexity index is 1130. The van der Waals surface area contributed by atoms with E-state index < -0.39 is 0 Å². The van der Waals surface area contributed by atoms with Crippen molar-refractivity contribution in [1.82, 2.24) is 14.9 Å². The van der Waals surface area contributed by atoms with Crippen molar-refractivity contribution in [2.75, 3.05) is 0 Å². The highest BCUT2D eigenvalue weighted by Gasteiger charge is 2.12. The van der Waals surface area contributed by atoms with E-state index in [9.17, 15) is 9.18 Å². The summed E-state index contributed by atoms with van der Waals surface area (Å²) in [6.07, 6.45) is 0.207. The minimum atomic E-state index is -0.306. The number of carbonyl (C=O) groups is 1. The molecule has 0 atom stereocenters. The largest absolute Gasteiger partial charge is 0.349 e.